The molecule has 0 bridgehead atoms. The van der Waals surface area contributed by atoms with Crippen LogP contribution in [0.4, 0.5) is 0 Å². The molecule has 4 unspecified atom stereocenters. The Morgan fingerprint density at radius 1 is 1.38 bits per heavy atom. The average Bonchev–Trinajstić information content (AvgIpc) is 2.84. The van der Waals surface area contributed by atoms with E-state index in [0.29, 0.717) is 30.1 Å². The summed E-state index contributed by atoms with van der Waals surface area (Å²) in [6.45, 7) is 4.29. The summed E-state index contributed by atoms with van der Waals surface area (Å²) in [5, 5.41) is 3.32. The van der Waals surface area contributed by atoms with Crippen LogP contribution in [0.2, 0.25) is 0 Å². The summed E-state index contributed by atoms with van der Waals surface area (Å²) in [7, 11) is 0. The molecule has 0 aromatic heterocycles. The van der Waals surface area contributed by atoms with Gasteiger partial charge < -0.3 is 15.0 Å². The van der Waals surface area contributed by atoms with Crippen molar-refractivity contribution in [3.05, 3.63) is 36.1 Å². The maximum absolute atomic E-state index is 11.8. The van der Waals surface area contributed by atoms with Gasteiger partial charge in [-0.2, -0.15) is 0 Å². The zero-order valence-electron chi connectivity index (χ0n) is 14.5. The first-order chi connectivity index (χ1) is 11.7. The van der Waals surface area contributed by atoms with Crippen molar-refractivity contribution in [3.8, 4) is 0 Å². The highest BCUT2D eigenvalue weighted by Gasteiger charge is 2.33. The molecule has 1 fully saturated rings. The van der Waals surface area contributed by atoms with E-state index in [0.717, 1.165) is 45.2 Å². The smallest absolute Gasteiger partial charge is 0.219 e. The number of carbonyl (C=O) groups is 2. The van der Waals surface area contributed by atoms with Gasteiger partial charge in [0.05, 0.1) is 0 Å². The first-order valence-corrected chi connectivity index (χ1v) is 9.18. The van der Waals surface area contributed by atoms with Crippen LogP contribution in [-0.4, -0.2) is 36.7 Å². The van der Waals surface area contributed by atoms with Crippen LogP contribution in [0.3, 0.4) is 0 Å². The fraction of sp³-hybridized carbons (Fsp3) is 0.600. The Hall–Kier alpha value is -1.84. The zero-order chi connectivity index (χ0) is 16.9. The highest BCUT2D eigenvalue weighted by Crippen LogP contribution is 2.38. The third-order valence-electron chi connectivity index (χ3n) is 5.76. The lowest BCUT2D eigenvalue weighted by Crippen LogP contribution is -2.43. The minimum Gasteiger partial charge on any atom is -0.391 e. The predicted octanol–water partition coefficient (Wildman–Crippen LogP) is 2.69. The summed E-state index contributed by atoms with van der Waals surface area (Å²) in [5.41, 5.74) is 1.35. The molecule has 0 spiro atoms. The molecule has 0 radical (unpaired) electrons. The molecule has 1 saturated heterocycles. The van der Waals surface area contributed by atoms with Gasteiger partial charge in [-0.1, -0.05) is 24.3 Å². The SMILES string of the molecule is CC(=O)N1CCC(CCC=O)C(C2=CC3C=CNCCC3C=C2)C1. The van der Waals surface area contributed by atoms with Crippen molar-refractivity contribution in [2.45, 2.75) is 32.6 Å². The quantitative estimate of drug-likeness (QED) is 0.807. The van der Waals surface area contributed by atoms with Crippen LogP contribution >= 0.6 is 0 Å². The lowest BCUT2D eigenvalue weighted by Gasteiger charge is -2.40. The zero-order valence-corrected chi connectivity index (χ0v) is 14.5. The van der Waals surface area contributed by atoms with Gasteiger partial charge in [0.15, 0.2) is 0 Å². The van der Waals surface area contributed by atoms with Crippen LogP contribution in [0.5, 0.6) is 0 Å². The number of hydrogen-bond acceptors (Lipinski definition) is 3. The highest BCUT2D eigenvalue weighted by molar-refractivity contribution is 5.73. The van der Waals surface area contributed by atoms with Gasteiger partial charge in [-0.25, -0.2) is 0 Å². The maximum atomic E-state index is 11.8. The molecular formula is C20H28N2O2. The number of carbonyl (C=O) groups excluding carboxylic acids is 2. The third kappa shape index (κ3) is 3.80. The number of hydrogen-bond donors (Lipinski definition) is 1. The molecular weight excluding hydrogens is 300 g/mol. The van der Waals surface area contributed by atoms with Gasteiger partial charge in [-0.3, -0.25) is 4.79 Å². The molecule has 1 aliphatic carbocycles. The monoisotopic (exact) mass is 328 g/mol. The molecule has 0 saturated carbocycles. The number of nitrogens with zero attached hydrogens (tertiary/aromatic N) is 1. The highest BCUT2D eigenvalue weighted by atomic mass is 16.2. The Morgan fingerprint density at radius 3 is 3.04 bits per heavy atom. The van der Waals surface area contributed by atoms with Crippen LogP contribution in [-0.2, 0) is 9.59 Å². The molecule has 0 aromatic carbocycles. The number of rotatable bonds is 4. The predicted molar refractivity (Wildman–Crippen MR) is 95.1 cm³/mol. The lowest BCUT2D eigenvalue weighted by atomic mass is 9.73. The van der Waals surface area contributed by atoms with Crippen LogP contribution < -0.4 is 5.32 Å². The topological polar surface area (TPSA) is 49.4 Å². The second-order valence-electron chi connectivity index (χ2n) is 7.23. The molecule has 3 rings (SSSR count). The number of likely N-dealkylation sites (tertiary alicyclic amines) is 1. The normalized spacial score (nSPS) is 32.4. The second-order valence-corrected chi connectivity index (χ2v) is 7.23. The number of allylic oxidation sites excluding steroid dienone is 4. The molecule has 1 amide bonds. The van der Waals surface area contributed by atoms with Crippen LogP contribution in [0.1, 0.15) is 32.6 Å². The van der Waals surface area contributed by atoms with Gasteiger partial charge in [0, 0.05) is 44.8 Å². The molecule has 4 heteroatoms. The Balaban J connectivity index is 1.80. The largest absolute Gasteiger partial charge is 0.391 e. The molecule has 24 heavy (non-hydrogen) atoms. The van der Waals surface area contributed by atoms with E-state index in [1.54, 1.807) is 6.92 Å². The summed E-state index contributed by atoms with van der Waals surface area (Å²) in [5.74, 6) is 2.02. The standard InChI is InChI=1S/C20H28N2O2/c1-15(24)22-11-8-17(3-2-12-23)20(14-22)19-5-4-16-6-9-21-10-7-18(16)13-19/h4-5,7,10,12-13,16-18,20-21H,2-3,6,8-9,11,14H2,1H3. The Labute approximate surface area is 144 Å². The number of fused-ring (bicyclic) bond motifs is 1. The molecule has 2 heterocycles. The van der Waals surface area contributed by atoms with Gasteiger partial charge in [0.2, 0.25) is 5.91 Å². The summed E-state index contributed by atoms with van der Waals surface area (Å²) < 4.78 is 0. The third-order valence-corrected chi connectivity index (χ3v) is 5.76. The minimum atomic E-state index is 0.158. The first-order valence-electron chi connectivity index (χ1n) is 9.18. The average molecular weight is 328 g/mol. The summed E-state index contributed by atoms with van der Waals surface area (Å²) in [6, 6.07) is 0. The van der Waals surface area contributed by atoms with Crippen LogP contribution in [0.25, 0.3) is 0 Å². The van der Waals surface area contributed by atoms with Gasteiger partial charge in [-0.15, -0.1) is 0 Å². The number of nitrogens with one attached hydrogen (secondary N) is 1. The van der Waals surface area contributed by atoms with Crippen molar-refractivity contribution in [1.82, 2.24) is 10.2 Å². The molecule has 2 aliphatic heterocycles. The summed E-state index contributed by atoms with van der Waals surface area (Å²) in [4.78, 5) is 24.6. The van der Waals surface area contributed by atoms with Gasteiger partial charge >= 0.3 is 0 Å². The molecule has 130 valence electrons. The second kappa shape index (κ2) is 7.82. The van der Waals surface area contributed by atoms with Crippen molar-refractivity contribution in [3.63, 3.8) is 0 Å². The fourth-order valence-corrected chi connectivity index (χ4v) is 4.30. The van der Waals surface area contributed by atoms with E-state index in [-0.39, 0.29) is 5.91 Å². The Morgan fingerprint density at radius 2 is 2.25 bits per heavy atom. The van der Waals surface area contributed by atoms with E-state index in [9.17, 15) is 9.59 Å². The molecule has 4 nitrogen and oxygen atoms in total. The number of amides is 1. The Kier molecular flexibility index (Phi) is 5.54. The van der Waals surface area contributed by atoms with Crippen LogP contribution in [0.15, 0.2) is 36.1 Å². The van der Waals surface area contributed by atoms with Crippen molar-refractivity contribution in [2.24, 2.45) is 23.7 Å². The van der Waals surface area contributed by atoms with Gasteiger partial charge in [0.1, 0.15) is 6.29 Å². The summed E-state index contributed by atoms with van der Waals surface area (Å²) in [6.07, 6.45) is 16.1. The lowest BCUT2D eigenvalue weighted by molar-refractivity contribution is -0.131. The molecule has 0 aromatic rings. The van der Waals surface area contributed by atoms with E-state index >= 15 is 0 Å². The van der Waals surface area contributed by atoms with Crippen molar-refractivity contribution < 1.29 is 9.59 Å². The van der Waals surface area contributed by atoms with E-state index < -0.39 is 0 Å². The Bertz CT molecular complexity index is 564. The number of aldehydes is 1. The van der Waals surface area contributed by atoms with E-state index in [2.05, 4.69) is 35.8 Å². The first kappa shape index (κ1) is 17.0. The molecule has 4 atom stereocenters. The minimum absolute atomic E-state index is 0.158. The molecule has 3 aliphatic rings. The van der Waals surface area contributed by atoms with E-state index in [4.69, 9.17) is 0 Å². The van der Waals surface area contributed by atoms with Crippen molar-refractivity contribution in [1.29, 1.82) is 0 Å². The van der Waals surface area contributed by atoms with Gasteiger partial charge in [-0.05, 0) is 42.9 Å². The van der Waals surface area contributed by atoms with Crippen LogP contribution in [0, 0.1) is 23.7 Å². The maximum Gasteiger partial charge on any atom is 0.219 e. The van der Waals surface area contributed by atoms with E-state index in [1.165, 1.54) is 5.57 Å². The van der Waals surface area contributed by atoms with E-state index in [1.807, 2.05) is 4.90 Å². The molecule has 1 N–H and O–H groups in total. The fourth-order valence-electron chi connectivity index (χ4n) is 4.30. The van der Waals surface area contributed by atoms with Crippen molar-refractivity contribution in [2.75, 3.05) is 19.6 Å². The summed E-state index contributed by atoms with van der Waals surface area (Å²) >= 11 is 0. The number of piperidine rings is 1. The van der Waals surface area contributed by atoms with Gasteiger partial charge in [0.25, 0.3) is 0 Å². The van der Waals surface area contributed by atoms with Crippen molar-refractivity contribution >= 4 is 12.2 Å².